The van der Waals surface area contributed by atoms with Crippen LogP contribution < -0.4 is 11.3 Å². The molecule has 0 saturated heterocycles. The largest absolute Gasteiger partial charge is 0.271 e. The van der Waals surface area contributed by atoms with Gasteiger partial charge < -0.3 is 0 Å². The zero-order valence-corrected chi connectivity index (χ0v) is 12.8. The molecule has 0 aliphatic rings. The van der Waals surface area contributed by atoms with Gasteiger partial charge in [-0.2, -0.15) is 5.10 Å². The standard InChI is InChI=1S/C17H26N4/c1-2-3-4-5-9-12-17(20-18)15-13-19-21(14-15)16-10-7-6-8-11-16/h6-8,10-11,13-14,17,20H,2-5,9,12,18H2,1H3. The summed E-state index contributed by atoms with van der Waals surface area (Å²) in [5.41, 5.74) is 5.14. The summed E-state index contributed by atoms with van der Waals surface area (Å²) in [6, 6.07) is 10.3. The predicted octanol–water partition coefficient (Wildman–Crippen LogP) is 3.74. The quantitative estimate of drug-likeness (QED) is 0.419. The van der Waals surface area contributed by atoms with Crippen LogP contribution in [0.15, 0.2) is 42.7 Å². The Labute approximate surface area is 127 Å². The molecule has 0 fully saturated rings. The highest BCUT2D eigenvalue weighted by Crippen LogP contribution is 2.20. The second-order valence-corrected chi connectivity index (χ2v) is 5.48. The summed E-state index contributed by atoms with van der Waals surface area (Å²) in [6.45, 7) is 2.24. The van der Waals surface area contributed by atoms with E-state index in [4.69, 9.17) is 5.84 Å². The minimum atomic E-state index is 0.184. The van der Waals surface area contributed by atoms with Gasteiger partial charge in [-0.1, -0.05) is 57.2 Å². The Morgan fingerprint density at radius 2 is 1.90 bits per heavy atom. The number of para-hydroxylation sites is 1. The number of aromatic nitrogens is 2. The Balaban J connectivity index is 1.92. The molecular weight excluding hydrogens is 260 g/mol. The maximum absolute atomic E-state index is 5.71. The van der Waals surface area contributed by atoms with E-state index in [1.807, 2.05) is 41.2 Å². The third-order valence-corrected chi connectivity index (χ3v) is 3.82. The predicted molar refractivity (Wildman–Crippen MR) is 87.0 cm³/mol. The molecule has 1 heterocycles. The Bertz CT molecular complexity index is 507. The summed E-state index contributed by atoms with van der Waals surface area (Å²) in [4.78, 5) is 0. The number of unbranched alkanes of at least 4 members (excludes halogenated alkanes) is 4. The molecule has 4 heteroatoms. The highest BCUT2D eigenvalue weighted by molar-refractivity contribution is 5.31. The molecule has 3 N–H and O–H groups in total. The van der Waals surface area contributed by atoms with E-state index in [0.717, 1.165) is 17.7 Å². The molecule has 1 aromatic carbocycles. The van der Waals surface area contributed by atoms with Crippen LogP contribution in [0, 0.1) is 0 Å². The fourth-order valence-corrected chi connectivity index (χ4v) is 2.54. The molecule has 1 aromatic heterocycles. The molecule has 0 aliphatic carbocycles. The number of hydrogen-bond acceptors (Lipinski definition) is 3. The molecule has 2 aromatic rings. The van der Waals surface area contributed by atoms with Crippen molar-refractivity contribution in [2.24, 2.45) is 5.84 Å². The van der Waals surface area contributed by atoms with Crippen LogP contribution in [0.2, 0.25) is 0 Å². The number of nitrogens with one attached hydrogen (secondary N) is 1. The molecule has 2 rings (SSSR count). The summed E-state index contributed by atoms with van der Waals surface area (Å²) in [6.07, 6.45) is 11.4. The van der Waals surface area contributed by atoms with Crippen LogP contribution in [0.1, 0.15) is 57.1 Å². The molecule has 0 aliphatic heterocycles. The molecule has 0 spiro atoms. The van der Waals surface area contributed by atoms with Crippen molar-refractivity contribution >= 4 is 0 Å². The van der Waals surface area contributed by atoms with Crippen molar-refractivity contribution in [3.05, 3.63) is 48.3 Å². The molecule has 4 nitrogen and oxygen atoms in total. The first-order chi connectivity index (χ1) is 10.3. The molecule has 0 bridgehead atoms. The van der Waals surface area contributed by atoms with Crippen molar-refractivity contribution in [1.82, 2.24) is 15.2 Å². The Morgan fingerprint density at radius 1 is 1.14 bits per heavy atom. The van der Waals surface area contributed by atoms with E-state index in [1.165, 1.54) is 32.1 Å². The summed E-state index contributed by atoms with van der Waals surface area (Å²) in [7, 11) is 0. The third-order valence-electron chi connectivity index (χ3n) is 3.82. The van der Waals surface area contributed by atoms with E-state index in [9.17, 15) is 0 Å². The molecule has 21 heavy (non-hydrogen) atoms. The number of hydrazine groups is 1. The van der Waals surface area contributed by atoms with Gasteiger partial charge in [-0.3, -0.25) is 11.3 Å². The van der Waals surface area contributed by atoms with Crippen LogP contribution in [-0.4, -0.2) is 9.78 Å². The monoisotopic (exact) mass is 286 g/mol. The van der Waals surface area contributed by atoms with E-state index in [2.05, 4.69) is 23.6 Å². The summed E-state index contributed by atoms with van der Waals surface area (Å²) in [5.74, 6) is 5.71. The highest BCUT2D eigenvalue weighted by Gasteiger charge is 2.12. The summed E-state index contributed by atoms with van der Waals surface area (Å²) >= 11 is 0. The zero-order chi connectivity index (χ0) is 14.9. The Hall–Kier alpha value is -1.65. The van der Waals surface area contributed by atoms with Gasteiger partial charge in [0.1, 0.15) is 0 Å². The lowest BCUT2D eigenvalue weighted by atomic mass is 10.0. The number of nitrogens with zero attached hydrogens (tertiary/aromatic N) is 2. The number of nitrogens with two attached hydrogens (primary N) is 1. The van der Waals surface area contributed by atoms with Crippen molar-refractivity contribution in [2.75, 3.05) is 0 Å². The molecule has 1 atom stereocenters. The normalized spacial score (nSPS) is 12.5. The molecular formula is C17H26N4. The molecule has 0 saturated carbocycles. The second kappa shape index (κ2) is 8.60. The fourth-order valence-electron chi connectivity index (χ4n) is 2.54. The maximum atomic E-state index is 5.71. The van der Waals surface area contributed by atoms with E-state index < -0.39 is 0 Å². The lowest BCUT2D eigenvalue weighted by Crippen LogP contribution is -2.27. The fraction of sp³-hybridized carbons (Fsp3) is 0.471. The van der Waals surface area contributed by atoms with Crippen LogP contribution in [-0.2, 0) is 0 Å². The number of rotatable bonds is 9. The minimum absolute atomic E-state index is 0.184. The lowest BCUT2D eigenvalue weighted by Gasteiger charge is -2.13. The number of benzene rings is 1. The van der Waals surface area contributed by atoms with Crippen LogP contribution in [0.5, 0.6) is 0 Å². The van der Waals surface area contributed by atoms with Gasteiger partial charge in [-0.25, -0.2) is 4.68 Å². The van der Waals surface area contributed by atoms with Crippen LogP contribution in [0.3, 0.4) is 0 Å². The van der Waals surface area contributed by atoms with Crippen LogP contribution in [0.4, 0.5) is 0 Å². The first-order valence-corrected chi connectivity index (χ1v) is 7.91. The summed E-state index contributed by atoms with van der Waals surface area (Å²) in [5, 5.41) is 4.43. The maximum Gasteiger partial charge on any atom is 0.0645 e. The van der Waals surface area contributed by atoms with Crippen molar-refractivity contribution < 1.29 is 0 Å². The van der Waals surface area contributed by atoms with Gasteiger partial charge in [0.2, 0.25) is 0 Å². The van der Waals surface area contributed by atoms with Crippen molar-refractivity contribution in [3.63, 3.8) is 0 Å². The minimum Gasteiger partial charge on any atom is -0.271 e. The van der Waals surface area contributed by atoms with Gasteiger partial charge in [0, 0.05) is 17.8 Å². The summed E-state index contributed by atoms with van der Waals surface area (Å²) < 4.78 is 1.90. The highest BCUT2D eigenvalue weighted by atomic mass is 15.3. The van der Waals surface area contributed by atoms with Gasteiger partial charge >= 0.3 is 0 Å². The zero-order valence-electron chi connectivity index (χ0n) is 12.8. The van der Waals surface area contributed by atoms with Gasteiger partial charge in [0.05, 0.1) is 11.9 Å². The van der Waals surface area contributed by atoms with Crippen LogP contribution in [0.25, 0.3) is 5.69 Å². The molecule has 0 radical (unpaired) electrons. The van der Waals surface area contributed by atoms with Gasteiger partial charge in [0.25, 0.3) is 0 Å². The smallest absolute Gasteiger partial charge is 0.0645 e. The van der Waals surface area contributed by atoms with E-state index in [1.54, 1.807) is 0 Å². The molecule has 0 amide bonds. The van der Waals surface area contributed by atoms with E-state index in [-0.39, 0.29) is 6.04 Å². The van der Waals surface area contributed by atoms with Crippen molar-refractivity contribution in [1.29, 1.82) is 0 Å². The topological polar surface area (TPSA) is 55.9 Å². The third kappa shape index (κ3) is 4.69. The lowest BCUT2D eigenvalue weighted by molar-refractivity contribution is 0.479. The van der Waals surface area contributed by atoms with Gasteiger partial charge in [-0.15, -0.1) is 0 Å². The SMILES string of the molecule is CCCCCCCC(NN)c1cnn(-c2ccccc2)c1. The average Bonchev–Trinajstić information content (AvgIpc) is 3.01. The second-order valence-electron chi connectivity index (χ2n) is 5.48. The first-order valence-electron chi connectivity index (χ1n) is 7.91. The van der Waals surface area contributed by atoms with E-state index in [0.29, 0.717) is 0 Å². The van der Waals surface area contributed by atoms with Gasteiger partial charge in [-0.05, 0) is 18.6 Å². The van der Waals surface area contributed by atoms with Gasteiger partial charge in [0.15, 0.2) is 0 Å². The Morgan fingerprint density at radius 3 is 2.62 bits per heavy atom. The number of hydrogen-bond donors (Lipinski definition) is 2. The average molecular weight is 286 g/mol. The van der Waals surface area contributed by atoms with Crippen LogP contribution >= 0.6 is 0 Å². The Kier molecular flexibility index (Phi) is 6.44. The van der Waals surface area contributed by atoms with E-state index >= 15 is 0 Å². The molecule has 1 unspecified atom stereocenters. The van der Waals surface area contributed by atoms with Crippen molar-refractivity contribution in [2.45, 2.75) is 51.5 Å². The first kappa shape index (κ1) is 15.7. The van der Waals surface area contributed by atoms with Crippen molar-refractivity contribution in [3.8, 4) is 5.69 Å². The molecule has 114 valence electrons.